The van der Waals surface area contributed by atoms with Crippen LogP contribution in [0.5, 0.6) is 0 Å². The van der Waals surface area contributed by atoms with Gasteiger partial charge in [0.1, 0.15) is 5.82 Å². The van der Waals surface area contributed by atoms with E-state index in [1.54, 1.807) is 6.92 Å². The van der Waals surface area contributed by atoms with Crippen LogP contribution in [0.3, 0.4) is 0 Å². The van der Waals surface area contributed by atoms with Crippen LogP contribution in [-0.2, 0) is 22.6 Å². The number of likely N-dealkylation sites (tertiary alicyclic amines) is 1. The minimum Gasteiger partial charge on any atom is -0.342 e. The fourth-order valence-electron chi connectivity index (χ4n) is 5.75. The standard InChI is InChI=1S/C22H30N4O2/c1-14(27)25-10-8-19-16(13-25)11-23-21(24-19)15-5-4-9-26(12-15)22(28)20-17-6-2-3-7-18(17)20/h11,15,17-18,20H,2-10,12-13H2,1H3/t15-,17-,18+,20?/m0/s1. The molecule has 0 aromatic carbocycles. The molecule has 5 rings (SSSR count). The molecular formula is C22H30N4O2. The van der Waals surface area contributed by atoms with Crippen LogP contribution in [0.1, 0.15) is 68.4 Å². The third kappa shape index (κ3) is 3.20. The predicted molar refractivity (Wildman–Crippen MR) is 104 cm³/mol. The van der Waals surface area contributed by atoms with Gasteiger partial charge in [0, 0.05) is 63.1 Å². The molecule has 0 N–H and O–H groups in total. The van der Waals surface area contributed by atoms with Gasteiger partial charge < -0.3 is 9.80 Å². The molecule has 0 bridgehead atoms. The van der Waals surface area contributed by atoms with E-state index >= 15 is 0 Å². The summed E-state index contributed by atoms with van der Waals surface area (Å²) in [5, 5.41) is 0. The molecule has 2 amide bonds. The maximum Gasteiger partial charge on any atom is 0.226 e. The minimum atomic E-state index is 0.108. The van der Waals surface area contributed by atoms with Crippen LogP contribution < -0.4 is 0 Å². The molecule has 150 valence electrons. The highest BCUT2D eigenvalue weighted by atomic mass is 16.2. The maximum absolute atomic E-state index is 13.1. The van der Waals surface area contributed by atoms with Gasteiger partial charge in [0.2, 0.25) is 11.8 Å². The number of amides is 2. The molecular weight excluding hydrogens is 352 g/mol. The smallest absolute Gasteiger partial charge is 0.226 e. The summed E-state index contributed by atoms with van der Waals surface area (Å²) in [6, 6.07) is 0. The Bertz CT molecular complexity index is 783. The lowest BCUT2D eigenvalue weighted by molar-refractivity contribution is -0.134. The Labute approximate surface area is 166 Å². The SMILES string of the molecule is CC(=O)N1CCc2nc([C@H]3CCCN(C(=O)C4[C@H]5CCCC[C@@H]45)C3)ncc2C1. The van der Waals surface area contributed by atoms with Crippen molar-refractivity contribution in [1.29, 1.82) is 0 Å². The summed E-state index contributed by atoms with van der Waals surface area (Å²) in [5.74, 6) is 3.30. The Morgan fingerprint density at radius 3 is 2.57 bits per heavy atom. The number of carbonyl (C=O) groups excluding carboxylic acids is 2. The average molecular weight is 383 g/mol. The number of rotatable bonds is 2. The molecule has 4 aliphatic rings. The van der Waals surface area contributed by atoms with Gasteiger partial charge in [-0.05, 0) is 37.5 Å². The van der Waals surface area contributed by atoms with Crippen LogP contribution in [0.25, 0.3) is 0 Å². The topological polar surface area (TPSA) is 66.4 Å². The molecule has 0 radical (unpaired) electrons. The summed E-state index contributed by atoms with van der Waals surface area (Å²) in [7, 11) is 0. The fourth-order valence-corrected chi connectivity index (χ4v) is 5.75. The van der Waals surface area contributed by atoms with Crippen LogP contribution >= 0.6 is 0 Å². The van der Waals surface area contributed by atoms with Gasteiger partial charge in [-0.25, -0.2) is 9.97 Å². The normalized spacial score (nSPS) is 31.8. The molecule has 1 aromatic rings. The maximum atomic E-state index is 13.1. The van der Waals surface area contributed by atoms with E-state index in [1.165, 1.54) is 25.7 Å². The van der Waals surface area contributed by atoms with Gasteiger partial charge in [0.05, 0.1) is 5.69 Å². The van der Waals surface area contributed by atoms with Crippen molar-refractivity contribution in [2.75, 3.05) is 19.6 Å². The van der Waals surface area contributed by atoms with Crippen LogP contribution in [0.4, 0.5) is 0 Å². The zero-order valence-electron chi connectivity index (χ0n) is 16.8. The lowest BCUT2D eigenvalue weighted by Crippen LogP contribution is -2.41. The molecule has 2 saturated carbocycles. The van der Waals surface area contributed by atoms with Gasteiger partial charge in [-0.15, -0.1) is 0 Å². The van der Waals surface area contributed by atoms with Crippen molar-refractivity contribution in [3.05, 3.63) is 23.3 Å². The lowest BCUT2D eigenvalue weighted by Gasteiger charge is -2.33. The molecule has 2 aliphatic carbocycles. The van der Waals surface area contributed by atoms with Crippen LogP contribution in [0.2, 0.25) is 0 Å². The van der Waals surface area contributed by atoms with Crippen molar-refractivity contribution in [2.24, 2.45) is 17.8 Å². The first-order chi connectivity index (χ1) is 13.6. The number of piperidine rings is 1. The molecule has 28 heavy (non-hydrogen) atoms. The monoisotopic (exact) mass is 382 g/mol. The van der Waals surface area contributed by atoms with E-state index in [1.807, 2.05) is 11.1 Å². The van der Waals surface area contributed by atoms with Crippen LogP contribution in [0.15, 0.2) is 6.20 Å². The first kappa shape index (κ1) is 18.1. The quantitative estimate of drug-likeness (QED) is 0.788. The molecule has 1 aromatic heterocycles. The summed E-state index contributed by atoms with van der Waals surface area (Å²) >= 11 is 0. The van der Waals surface area contributed by atoms with Gasteiger partial charge >= 0.3 is 0 Å². The van der Waals surface area contributed by atoms with Crippen LogP contribution in [0, 0.1) is 17.8 Å². The molecule has 6 nitrogen and oxygen atoms in total. The Hall–Kier alpha value is -1.98. The number of hydrogen-bond acceptors (Lipinski definition) is 4. The largest absolute Gasteiger partial charge is 0.342 e. The van der Waals surface area contributed by atoms with Crippen molar-refractivity contribution in [3.8, 4) is 0 Å². The number of hydrogen-bond donors (Lipinski definition) is 0. The Morgan fingerprint density at radius 2 is 1.82 bits per heavy atom. The highest BCUT2D eigenvalue weighted by molar-refractivity contribution is 5.82. The highest BCUT2D eigenvalue weighted by Crippen LogP contribution is 2.56. The molecule has 4 atom stereocenters. The molecule has 2 aliphatic heterocycles. The van der Waals surface area contributed by atoms with E-state index in [4.69, 9.17) is 4.98 Å². The first-order valence-corrected chi connectivity index (χ1v) is 11.0. The zero-order chi connectivity index (χ0) is 19.3. The summed E-state index contributed by atoms with van der Waals surface area (Å²) in [4.78, 5) is 38.2. The van der Waals surface area contributed by atoms with Gasteiger partial charge in [0.25, 0.3) is 0 Å². The summed E-state index contributed by atoms with van der Waals surface area (Å²) in [6.07, 6.45) is 9.91. The fraction of sp³-hybridized carbons (Fsp3) is 0.727. The Morgan fingerprint density at radius 1 is 1.04 bits per heavy atom. The summed E-state index contributed by atoms with van der Waals surface area (Å²) in [5.41, 5.74) is 2.15. The number of nitrogens with zero attached hydrogens (tertiary/aromatic N) is 4. The second-order valence-electron chi connectivity index (χ2n) is 9.15. The molecule has 1 unspecified atom stereocenters. The molecule has 6 heteroatoms. The second-order valence-corrected chi connectivity index (χ2v) is 9.15. The average Bonchev–Trinajstić information content (AvgIpc) is 3.47. The molecule has 3 heterocycles. The number of carbonyl (C=O) groups is 2. The summed E-state index contributed by atoms with van der Waals surface area (Å²) < 4.78 is 0. The minimum absolute atomic E-state index is 0.108. The molecule has 1 saturated heterocycles. The Balaban J connectivity index is 1.27. The summed E-state index contributed by atoms with van der Waals surface area (Å²) in [6.45, 7) is 4.63. The van der Waals surface area contributed by atoms with Crippen molar-refractivity contribution >= 4 is 11.8 Å². The van der Waals surface area contributed by atoms with Gasteiger partial charge in [-0.1, -0.05) is 12.8 Å². The van der Waals surface area contributed by atoms with Crippen molar-refractivity contribution in [1.82, 2.24) is 19.8 Å². The van der Waals surface area contributed by atoms with E-state index in [0.717, 1.165) is 56.0 Å². The number of fused-ring (bicyclic) bond motifs is 2. The van der Waals surface area contributed by atoms with E-state index < -0.39 is 0 Å². The van der Waals surface area contributed by atoms with Crippen molar-refractivity contribution < 1.29 is 9.59 Å². The molecule has 0 spiro atoms. The first-order valence-electron chi connectivity index (χ1n) is 11.0. The Kier molecular flexibility index (Phi) is 4.60. The van der Waals surface area contributed by atoms with Crippen LogP contribution in [-0.4, -0.2) is 51.2 Å². The lowest BCUT2D eigenvalue weighted by atomic mass is 9.96. The zero-order valence-corrected chi connectivity index (χ0v) is 16.8. The van der Waals surface area contributed by atoms with E-state index in [0.29, 0.717) is 30.2 Å². The third-order valence-electron chi connectivity index (χ3n) is 7.44. The van der Waals surface area contributed by atoms with Gasteiger partial charge in [-0.3, -0.25) is 9.59 Å². The predicted octanol–water partition coefficient (Wildman–Crippen LogP) is 2.52. The van der Waals surface area contributed by atoms with Crippen molar-refractivity contribution in [2.45, 2.75) is 64.3 Å². The third-order valence-corrected chi connectivity index (χ3v) is 7.44. The highest BCUT2D eigenvalue weighted by Gasteiger charge is 2.56. The second kappa shape index (κ2) is 7.12. The van der Waals surface area contributed by atoms with E-state index in [2.05, 4.69) is 9.88 Å². The van der Waals surface area contributed by atoms with Gasteiger partial charge in [-0.2, -0.15) is 0 Å². The van der Waals surface area contributed by atoms with Gasteiger partial charge in [0.15, 0.2) is 0 Å². The number of aromatic nitrogens is 2. The van der Waals surface area contributed by atoms with E-state index in [9.17, 15) is 9.59 Å². The molecule has 3 fully saturated rings. The van der Waals surface area contributed by atoms with Crippen molar-refractivity contribution in [3.63, 3.8) is 0 Å². The van der Waals surface area contributed by atoms with E-state index in [-0.39, 0.29) is 11.8 Å².